The molecule has 20 aromatic carbocycles. The van der Waals surface area contributed by atoms with Gasteiger partial charge in [0, 0.05) is 0 Å². The number of benzene rings is 20. The average Bonchev–Trinajstić information content (AvgIpc) is 0.744. The Morgan fingerprint density at radius 3 is 0.409 bits per heavy atom. The van der Waals surface area contributed by atoms with Gasteiger partial charge in [-0.3, -0.25) is 0 Å². The first-order valence-electron chi connectivity index (χ1n) is 40.6. The fourth-order valence-electron chi connectivity index (χ4n) is 18.6. The maximum Gasteiger partial charge on any atom is -0.00926 e. The molecule has 0 aliphatic rings. The van der Waals surface area contributed by atoms with E-state index in [2.05, 4.69) is 424 Å². The summed E-state index contributed by atoms with van der Waals surface area (Å²) in [6, 6.07) is 125. The SMILES string of the molecule is Cc1cc(C)cc(-c2ccc3c4ccc(-c5cc(C)cc(C)c5)cc4c4cc(-c5cc(C)cc(C)c5)ccc4c3c2)c1.Cc1cc(C)cc(-c2ccc3c4ccc(-c5cc(C)cc(C)c5)cc4c4ccccc4c3c2)c1.Cc1cccc(-c2ccc3c4ccc(-c5cccc(C)c5)cc4c4cc(-c5cccc(C)c5)ccc4c3c2)c1. The number of rotatable bonds is 8. The molecule has 0 fully saturated rings. The molecule has 20 rings (SSSR count). The van der Waals surface area contributed by atoms with Gasteiger partial charge in [-0.1, -0.05) is 357 Å². The van der Waals surface area contributed by atoms with E-state index in [0.29, 0.717) is 0 Å². The minimum atomic E-state index is 1.25. The molecule has 0 amide bonds. The van der Waals surface area contributed by atoms with E-state index in [9.17, 15) is 0 Å². The Balaban J connectivity index is 0.000000120. The van der Waals surface area contributed by atoms with E-state index in [0.717, 1.165) is 0 Å². The molecule has 0 saturated heterocycles. The molecule has 0 bridgehead atoms. The van der Waals surface area contributed by atoms with Gasteiger partial charge in [0.1, 0.15) is 0 Å². The van der Waals surface area contributed by atoms with Crippen molar-refractivity contribution in [2.75, 3.05) is 0 Å². The minimum Gasteiger partial charge on any atom is -0.0616 e. The molecule has 0 heterocycles. The third-order valence-corrected chi connectivity index (χ3v) is 23.5. The first-order chi connectivity index (χ1) is 55.7. The van der Waals surface area contributed by atoms with E-state index in [-0.39, 0.29) is 0 Å². The molecule has 0 atom stereocenters. The summed E-state index contributed by atoms with van der Waals surface area (Å²) in [6.07, 6.45) is 0. The summed E-state index contributed by atoms with van der Waals surface area (Å²) in [4.78, 5) is 0. The lowest BCUT2D eigenvalue weighted by Crippen LogP contribution is -1.89. The van der Waals surface area contributed by atoms with Crippen molar-refractivity contribution in [3.63, 3.8) is 0 Å². The summed E-state index contributed by atoms with van der Waals surface area (Å²) in [6.45, 7) is 28.3. The second-order valence-corrected chi connectivity index (χ2v) is 33.1. The standard InChI is InChI=1S/C42H36.C39H30.C34H28/c1-25-13-26(2)17-34(16-25)31-7-10-37-38-11-8-32(35-18-27(3)14-28(4)19-35)23-41(38)42-24-33(9-12-39(42)40(37)22-31)36-20-29(5)15-30(6)21-36;1-25-7-4-10-28(19-25)31-13-16-34-35-17-14-32(29-11-5-8-26(2)20-29)23-38(35)39-24-33(15-18-36(39)37(34)22-31)30-12-6-9-27(3)21-30;1-21-13-22(2)16-27(15-21)25-9-11-31-32-12-10-26(28-17-23(3)14-24(4)18-28)20-34(32)30-8-6-5-7-29(30)33(31)19-25/h7-24H,1-6H3;4-24H,1-3H3;5-20H,1-4H3. The van der Waals surface area contributed by atoms with Gasteiger partial charge >= 0.3 is 0 Å². The second kappa shape index (κ2) is 30.0. The fraction of sp³-hybridized carbons (Fsp3) is 0.113. The lowest BCUT2D eigenvalue weighted by atomic mass is 9.88. The number of fused-ring (bicyclic) bond motifs is 18. The van der Waals surface area contributed by atoms with Gasteiger partial charge in [-0.15, -0.1) is 0 Å². The highest BCUT2D eigenvalue weighted by Crippen LogP contribution is 2.45. The highest BCUT2D eigenvalue weighted by Gasteiger charge is 2.19. The van der Waals surface area contributed by atoms with Gasteiger partial charge in [-0.05, 0) is 325 Å². The molecule has 115 heavy (non-hydrogen) atoms. The van der Waals surface area contributed by atoms with Gasteiger partial charge in [0.05, 0.1) is 0 Å². The molecule has 554 valence electrons. The molecular weight excluding hydrogens is 1380 g/mol. The van der Waals surface area contributed by atoms with Crippen LogP contribution in [0.1, 0.15) is 72.3 Å². The first kappa shape index (κ1) is 73.2. The molecule has 0 heteroatoms. The fourth-order valence-corrected chi connectivity index (χ4v) is 18.6. The van der Waals surface area contributed by atoms with Gasteiger partial charge in [0.25, 0.3) is 0 Å². The Morgan fingerprint density at radius 2 is 0.226 bits per heavy atom. The molecule has 0 saturated carbocycles. The Kier molecular flexibility index (Phi) is 19.1. The van der Waals surface area contributed by atoms with Crippen molar-refractivity contribution in [1.29, 1.82) is 0 Å². The van der Waals surface area contributed by atoms with Crippen LogP contribution in [0.2, 0.25) is 0 Å². The van der Waals surface area contributed by atoms with Gasteiger partial charge in [0.15, 0.2) is 0 Å². The number of hydrogen-bond acceptors (Lipinski definition) is 0. The normalized spacial score (nSPS) is 11.5. The number of aryl methyl sites for hydroxylation is 13. The molecule has 0 aliphatic heterocycles. The van der Waals surface area contributed by atoms with Crippen molar-refractivity contribution >= 4 is 97.0 Å². The highest BCUT2D eigenvalue weighted by molar-refractivity contribution is 6.29. The van der Waals surface area contributed by atoms with Crippen molar-refractivity contribution in [1.82, 2.24) is 0 Å². The van der Waals surface area contributed by atoms with Crippen LogP contribution in [0.3, 0.4) is 0 Å². The van der Waals surface area contributed by atoms with Crippen LogP contribution in [-0.4, -0.2) is 0 Å². The third kappa shape index (κ3) is 14.6. The predicted octanol–water partition coefficient (Wildman–Crippen LogP) is 32.8. The Hall–Kier alpha value is -13.3. The molecule has 0 radical (unpaired) electrons. The second-order valence-electron chi connectivity index (χ2n) is 33.1. The van der Waals surface area contributed by atoms with E-state index in [4.69, 9.17) is 0 Å². The van der Waals surface area contributed by atoms with Crippen LogP contribution in [0, 0.1) is 90.0 Å². The average molecular weight is 1480 g/mol. The maximum absolute atomic E-state index is 2.42. The summed E-state index contributed by atoms with van der Waals surface area (Å²) in [5, 5.41) is 23.5. The summed E-state index contributed by atoms with van der Waals surface area (Å²) in [5.74, 6) is 0. The lowest BCUT2D eigenvalue weighted by Gasteiger charge is -2.16. The summed E-state index contributed by atoms with van der Waals surface area (Å²) in [5.41, 5.74) is 37.1. The van der Waals surface area contributed by atoms with Crippen molar-refractivity contribution in [2.24, 2.45) is 0 Å². The molecule has 0 aromatic heterocycles. The Morgan fingerprint density at radius 1 is 0.0870 bits per heavy atom. The Labute approximate surface area is 677 Å². The molecule has 0 N–H and O–H groups in total. The third-order valence-electron chi connectivity index (χ3n) is 23.5. The van der Waals surface area contributed by atoms with E-state index < -0.39 is 0 Å². The van der Waals surface area contributed by atoms with Crippen LogP contribution >= 0.6 is 0 Å². The molecule has 0 spiro atoms. The summed E-state index contributed by atoms with van der Waals surface area (Å²) in [7, 11) is 0. The highest BCUT2D eigenvalue weighted by atomic mass is 14.2. The summed E-state index contributed by atoms with van der Waals surface area (Å²) >= 11 is 0. The summed E-state index contributed by atoms with van der Waals surface area (Å²) < 4.78 is 0. The van der Waals surface area contributed by atoms with E-state index in [1.807, 2.05) is 0 Å². The lowest BCUT2D eigenvalue weighted by molar-refractivity contribution is 1.38. The molecule has 0 aliphatic carbocycles. The monoisotopic (exact) mass is 1470 g/mol. The van der Waals surface area contributed by atoms with Gasteiger partial charge in [-0.2, -0.15) is 0 Å². The van der Waals surface area contributed by atoms with Crippen molar-refractivity contribution in [2.45, 2.75) is 90.0 Å². The van der Waals surface area contributed by atoms with Crippen molar-refractivity contribution < 1.29 is 0 Å². The quantitative estimate of drug-likeness (QED) is 0.133. The predicted molar refractivity (Wildman–Crippen MR) is 502 cm³/mol. The molecular formula is C115H94. The minimum absolute atomic E-state index is 1.25. The van der Waals surface area contributed by atoms with E-state index in [1.54, 1.807) is 0 Å². The number of hydrogen-bond donors (Lipinski definition) is 0. The van der Waals surface area contributed by atoms with Gasteiger partial charge in [0.2, 0.25) is 0 Å². The Bertz CT molecular complexity index is 7100. The van der Waals surface area contributed by atoms with E-state index >= 15 is 0 Å². The van der Waals surface area contributed by atoms with Gasteiger partial charge < -0.3 is 0 Å². The van der Waals surface area contributed by atoms with E-state index in [1.165, 1.54) is 258 Å². The topological polar surface area (TPSA) is 0 Å². The molecule has 0 nitrogen and oxygen atoms in total. The van der Waals surface area contributed by atoms with Crippen LogP contribution in [-0.2, 0) is 0 Å². The first-order valence-corrected chi connectivity index (χ1v) is 40.6. The van der Waals surface area contributed by atoms with Crippen LogP contribution in [0.25, 0.3) is 186 Å². The zero-order chi connectivity index (χ0) is 79.0. The van der Waals surface area contributed by atoms with Gasteiger partial charge in [-0.25, -0.2) is 0 Å². The zero-order valence-electron chi connectivity index (χ0n) is 68.3. The molecule has 20 aromatic rings. The largest absolute Gasteiger partial charge is 0.0616 e. The van der Waals surface area contributed by atoms with Crippen molar-refractivity contribution in [3.05, 3.63) is 406 Å². The zero-order valence-corrected chi connectivity index (χ0v) is 68.3. The van der Waals surface area contributed by atoms with Crippen LogP contribution in [0.5, 0.6) is 0 Å². The smallest absolute Gasteiger partial charge is 0.00926 e. The molecule has 0 unspecified atom stereocenters. The van der Waals surface area contributed by atoms with Crippen LogP contribution in [0.15, 0.2) is 334 Å². The maximum atomic E-state index is 2.42. The van der Waals surface area contributed by atoms with Crippen molar-refractivity contribution in [3.8, 4) is 89.0 Å². The van der Waals surface area contributed by atoms with Crippen LogP contribution in [0.4, 0.5) is 0 Å². The van der Waals surface area contributed by atoms with Crippen LogP contribution < -0.4 is 0 Å².